The molecule has 0 radical (unpaired) electrons. The number of fused-ring (bicyclic) bond motifs is 1. The molecule has 29 heavy (non-hydrogen) atoms. The second kappa shape index (κ2) is 6.90. The van der Waals surface area contributed by atoms with Gasteiger partial charge in [0.2, 0.25) is 0 Å². The number of aromatic nitrogens is 1. The Morgan fingerprint density at radius 3 is 2.72 bits per heavy atom. The second-order valence-electron chi connectivity index (χ2n) is 8.86. The van der Waals surface area contributed by atoms with Crippen LogP contribution in [0.15, 0.2) is 53.0 Å². The number of hydrogen-bond acceptors (Lipinski definition) is 4. The highest BCUT2D eigenvalue weighted by atomic mass is 16.5. The molecule has 1 atom stereocenters. The van der Waals surface area contributed by atoms with Crippen molar-refractivity contribution >= 4 is 22.7 Å². The molecule has 2 heterocycles. The number of carbonyl (C=O) groups is 2. The summed E-state index contributed by atoms with van der Waals surface area (Å²) in [5.74, 6) is -0.671. The third-order valence-electron chi connectivity index (χ3n) is 5.97. The standard InChI is InChI=1S/C24H28N2O3/c1-6-29-23(28)20-14(2)25-17-11-24(3,4)12-19(27)22(17)21(20)16-13-26(5)18-10-8-7-9-15(16)18/h7-10,13,21,25H,6,11-12H2,1-5H3/t21-/m1/s1. The molecule has 5 nitrogen and oxygen atoms in total. The number of nitrogens with zero attached hydrogens (tertiary/aromatic N) is 1. The second-order valence-corrected chi connectivity index (χ2v) is 8.86. The number of para-hydroxylation sites is 1. The molecule has 1 aliphatic heterocycles. The minimum absolute atomic E-state index is 0.103. The number of dihydropyridines is 1. The molecule has 152 valence electrons. The predicted octanol–water partition coefficient (Wildman–Crippen LogP) is 4.35. The van der Waals surface area contributed by atoms with Crippen LogP contribution in [0.5, 0.6) is 0 Å². The number of rotatable bonds is 3. The van der Waals surface area contributed by atoms with E-state index in [1.807, 2.05) is 32.3 Å². The molecule has 2 aliphatic rings. The lowest BCUT2D eigenvalue weighted by Gasteiger charge is -2.39. The minimum Gasteiger partial charge on any atom is -0.463 e. The highest BCUT2D eigenvalue weighted by Crippen LogP contribution is 2.48. The van der Waals surface area contributed by atoms with Crippen LogP contribution in [0, 0.1) is 5.41 Å². The summed E-state index contributed by atoms with van der Waals surface area (Å²) in [5, 5.41) is 4.44. The quantitative estimate of drug-likeness (QED) is 0.789. The number of carbonyl (C=O) groups excluding carboxylic acids is 2. The molecule has 1 aromatic heterocycles. The lowest BCUT2D eigenvalue weighted by atomic mass is 9.68. The van der Waals surface area contributed by atoms with E-state index >= 15 is 0 Å². The number of esters is 1. The van der Waals surface area contributed by atoms with Crippen LogP contribution in [0.1, 0.15) is 52.0 Å². The van der Waals surface area contributed by atoms with E-state index in [2.05, 4.69) is 35.9 Å². The molecule has 1 N–H and O–H groups in total. The van der Waals surface area contributed by atoms with Gasteiger partial charge in [0.05, 0.1) is 18.1 Å². The average Bonchev–Trinajstić information content (AvgIpc) is 2.96. The Bertz CT molecular complexity index is 1080. The summed E-state index contributed by atoms with van der Waals surface area (Å²) in [6.07, 6.45) is 3.30. The normalized spacial score (nSPS) is 21.3. The first-order valence-electron chi connectivity index (χ1n) is 10.2. The summed E-state index contributed by atoms with van der Waals surface area (Å²) < 4.78 is 7.46. The van der Waals surface area contributed by atoms with Crippen LogP contribution >= 0.6 is 0 Å². The minimum atomic E-state index is -0.417. The molecule has 0 bridgehead atoms. The van der Waals surface area contributed by atoms with Crippen molar-refractivity contribution < 1.29 is 14.3 Å². The van der Waals surface area contributed by atoms with E-state index in [1.54, 1.807) is 6.92 Å². The maximum Gasteiger partial charge on any atom is 0.336 e. The van der Waals surface area contributed by atoms with Crippen LogP contribution < -0.4 is 5.32 Å². The Morgan fingerprint density at radius 1 is 1.28 bits per heavy atom. The van der Waals surface area contributed by atoms with E-state index in [4.69, 9.17) is 4.74 Å². The zero-order chi connectivity index (χ0) is 20.9. The number of Topliss-reactive ketones (excluding diaryl/α,β-unsaturated/α-hetero) is 1. The van der Waals surface area contributed by atoms with Crippen molar-refractivity contribution in [2.75, 3.05) is 6.61 Å². The zero-order valence-corrected chi connectivity index (χ0v) is 17.8. The van der Waals surface area contributed by atoms with E-state index in [-0.39, 0.29) is 17.2 Å². The topological polar surface area (TPSA) is 60.3 Å². The van der Waals surface area contributed by atoms with Crippen molar-refractivity contribution in [3.63, 3.8) is 0 Å². The fraction of sp³-hybridized carbons (Fsp3) is 0.417. The average molecular weight is 392 g/mol. The maximum absolute atomic E-state index is 13.3. The number of nitrogens with one attached hydrogen (secondary N) is 1. The van der Waals surface area contributed by atoms with Gasteiger partial charge in [0.25, 0.3) is 0 Å². The van der Waals surface area contributed by atoms with Crippen molar-refractivity contribution in [2.45, 2.75) is 46.5 Å². The predicted molar refractivity (Wildman–Crippen MR) is 113 cm³/mol. The van der Waals surface area contributed by atoms with Crippen LogP contribution in [0.25, 0.3) is 10.9 Å². The molecule has 0 spiro atoms. The van der Waals surface area contributed by atoms with Crippen LogP contribution in [-0.4, -0.2) is 22.9 Å². The largest absolute Gasteiger partial charge is 0.463 e. The van der Waals surface area contributed by atoms with Gasteiger partial charge in [-0.15, -0.1) is 0 Å². The van der Waals surface area contributed by atoms with Gasteiger partial charge in [0.1, 0.15) is 0 Å². The molecule has 0 unspecified atom stereocenters. The molecular formula is C24H28N2O3. The number of hydrogen-bond donors (Lipinski definition) is 1. The molecule has 0 amide bonds. The molecule has 0 saturated carbocycles. The summed E-state index contributed by atoms with van der Waals surface area (Å²) in [7, 11) is 1.99. The van der Waals surface area contributed by atoms with Crippen LogP contribution in [-0.2, 0) is 21.4 Å². The fourth-order valence-electron chi connectivity index (χ4n) is 4.83. The lowest BCUT2D eigenvalue weighted by molar-refractivity contribution is -0.138. The number of aryl methyl sites for hydroxylation is 1. The van der Waals surface area contributed by atoms with Gasteiger partial charge in [0, 0.05) is 47.5 Å². The Kier molecular flexibility index (Phi) is 4.64. The zero-order valence-electron chi connectivity index (χ0n) is 17.8. The number of allylic oxidation sites excluding steroid dienone is 3. The molecule has 4 rings (SSSR count). The summed E-state index contributed by atoms with van der Waals surface area (Å²) >= 11 is 0. The first-order chi connectivity index (χ1) is 13.7. The number of benzene rings is 1. The Balaban J connectivity index is 1.98. The molecule has 1 aromatic carbocycles. The van der Waals surface area contributed by atoms with Gasteiger partial charge in [-0.25, -0.2) is 4.79 Å². The summed E-state index contributed by atoms with van der Waals surface area (Å²) in [6.45, 7) is 8.23. The van der Waals surface area contributed by atoms with Gasteiger partial charge < -0.3 is 14.6 Å². The third-order valence-corrected chi connectivity index (χ3v) is 5.97. The van der Waals surface area contributed by atoms with E-state index in [1.165, 1.54) is 0 Å². The van der Waals surface area contributed by atoms with Crippen molar-refractivity contribution in [3.8, 4) is 0 Å². The highest BCUT2D eigenvalue weighted by Gasteiger charge is 2.43. The molecule has 5 heteroatoms. The third kappa shape index (κ3) is 3.18. The van der Waals surface area contributed by atoms with Gasteiger partial charge in [-0.1, -0.05) is 32.0 Å². The van der Waals surface area contributed by atoms with Crippen LogP contribution in [0.3, 0.4) is 0 Å². The molecule has 0 fully saturated rings. The highest BCUT2D eigenvalue weighted by molar-refractivity contribution is 6.05. The van der Waals surface area contributed by atoms with E-state index in [0.717, 1.165) is 34.3 Å². The first kappa shape index (κ1) is 19.5. The van der Waals surface area contributed by atoms with E-state index < -0.39 is 5.92 Å². The summed E-state index contributed by atoms with van der Waals surface area (Å²) in [4.78, 5) is 26.3. The SMILES string of the molecule is CCOC(=O)C1=C(C)NC2=C(C(=O)CC(C)(C)C2)[C@@H]1c1cn(C)c2ccccc12. The summed E-state index contributed by atoms with van der Waals surface area (Å²) in [5.41, 5.74) is 4.92. The van der Waals surface area contributed by atoms with Gasteiger partial charge in [-0.2, -0.15) is 0 Å². The van der Waals surface area contributed by atoms with Crippen molar-refractivity contribution in [3.05, 3.63) is 58.6 Å². The lowest BCUT2D eigenvalue weighted by Crippen LogP contribution is -2.38. The Hall–Kier alpha value is -2.82. The Labute approximate surface area is 171 Å². The van der Waals surface area contributed by atoms with Gasteiger partial charge in [-0.05, 0) is 37.3 Å². The summed E-state index contributed by atoms with van der Waals surface area (Å²) in [6, 6.07) is 8.11. The monoisotopic (exact) mass is 392 g/mol. The van der Waals surface area contributed by atoms with Gasteiger partial charge >= 0.3 is 5.97 Å². The van der Waals surface area contributed by atoms with Crippen molar-refractivity contribution in [1.82, 2.24) is 9.88 Å². The fourth-order valence-corrected chi connectivity index (χ4v) is 4.83. The Morgan fingerprint density at radius 2 is 2.00 bits per heavy atom. The van der Waals surface area contributed by atoms with Gasteiger partial charge in [0.15, 0.2) is 5.78 Å². The van der Waals surface area contributed by atoms with E-state index in [0.29, 0.717) is 24.2 Å². The van der Waals surface area contributed by atoms with Crippen molar-refractivity contribution in [1.29, 1.82) is 0 Å². The van der Waals surface area contributed by atoms with Crippen LogP contribution in [0.4, 0.5) is 0 Å². The molecule has 1 aliphatic carbocycles. The molecule has 2 aromatic rings. The van der Waals surface area contributed by atoms with Gasteiger partial charge in [-0.3, -0.25) is 4.79 Å². The van der Waals surface area contributed by atoms with E-state index in [9.17, 15) is 9.59 Å². The smallest absolute Gasteiger partial charge is 0.336 e. The molecular weight excluding hydrogens is 364 g/mol. The number of ether oxygens (including phenoxy) is 1. The maximum atomic E-state index is 13.3. The molecule has 0 saturated heterocycles. The first-order valence-corrected chi connectivity index (χ1v) is 10.2. The van der Waals surface area contributed by atoms with Crippen LogP contribution in [0.2, 0.25) is 0 Å². The van der Waals surface area contributed by atoms with Crippen molar-refractivity contribution in [2.24, 2.45) is 12.5 Å². The number of ketones is 1.